The number of rotatable bonds is 4. The molecule has 2 saturated heterocycles. The number of hydrogen-bond donors (Lipinski definition) is 1. The maximum absolute atomic E-state index is 12.9. The Kier molecular flexibility index (Phi) is 5.64. The van der Waals surface area contributed by atoms with Gasteiger partial charge < -0.3 is 14.7 Å². The molecule has 0 aromatic heterocycles. The van der Waals surface area contributed by atoms with Crippen molar-refractivity contribution in [2.45, 2.75) is 31.4 Å². The molecule has 2 fully saturated rings. The van der Waals surface area contributed by atoms with Crippen LogP contribution in [-0.2, 0) is 0 Å². The molecule has 2 aliphatic heterocycles. The molecule has 148 valence electrons. The Balaban J connectivity index is 1.45. The van der Waals surface area contributed by atoms with E-state index in [0.717, 1.165) is 30.0 Å². The van der Waals surface area contributed by atoms with Crippen molar-refractivity contribution in [2.24, 2.45) is 0 Å². The molecule has 2 heterocycles. The minimum Gasteiger partial charge on any atom is -0.497 e. The summed E-state index contributed by atoms with van der Waals surface area (Å²) in [5.41, 5.74) is 2.77. The average Bonchev–Trinajstić information content (AvgIpc) is 3.15. The fourth-order valence-electron chi connectivity index (χ4n) is 4.33. The van der Waals surface area contributed by atoms with Crippen LogP contribution in [0.4, 0.5) is 0 Å². The van der Waals surface area contributed by atoms with Gasteiger partial charge in [-0.2, -0.15) is 0 Å². The molecule has 5 heteroatoms. The molecule has 1 N–H and O–H groups in total. The summed E-state index contributed by atoms with van der Waals surface area (Å²) >= 11 is 0. The first-order valence-electron chi connectivity index (χ1n) is 10.1. The predicted molar refractivity (Wildman–Crippen MR) is 110 cm³/mol. The molecular weight excluding hydrogens is 352 g/mol. The third kappa shape index (κ3) is 3.91. The molecule has 0 saturated carbocycles. The predicted octanol–water partition coefficient (Wildman–Crippen LogP) is 3.03. The lowest BCUT2D eigenvalue weighted by Crippen LogP contribution is -2.46. The van der Waals surface area contributed by atoms with Crippen LogP contribution in [0.15, 0.2) is 48.5 Å². The Morgan fingerprint density at radius 1 is 1.00 bits per heavy atom. The molecule has 1 amide bonds. The van der Waals surface area contributed by atoms with Crippen molar-refractivity contribution in [1.82, 2.24) is 9.80 Å². The number of ether oxygens (including phenoxy) is 1. The molecule has 0 unspecified atom stereocenters. The largest absolute Gasteiger partial charge is 0.497 e. The van der Waals surface area contributed by atoms with Crippen LogP contribution >= 0.6 is 0 Å². The van der Waals surface area contributed by atoms with Crippen LogP contribution in [-0.4, -0.2) is 66.2 Å². The molecule has 2 aromatic carbocycles. The molecule has 28 heavy (non-hydrogen) atoms. The highest BCUT2D eigenvalue weighted by Crippen LogP contribution is 2.26. The number of carbonyl (C=O) groups is 1. The highest BCUT2D eigenvalue weighted by atomic mass is 16.5. The average molecular weight is 380 g/mol. The lowest BCUT2D eigenvalue weighted by molar-refractivity contribution is 0.0702. The topological polar surface area (TPSA) is 53.0 Å². The van der Waals surface area contributed by atoms with Crippen molar-refractivity contribution in [3.63, 3.8) is 0 Å². The Bertz CT molecular complexity index is 815. The number of aliphatic hydroxyl groups is 1. The minimum absolute atomic E-state index is 0.00393. The van der Waals surface area contributed by atoms with Crippen LogP contribution in [0.2, 0.25) is 0 Å². The van der Waals surface area contributed by atoms with Crippen LogP contribution in [0.25, 0.3) is 11.1 Å². The molecule has 0 bridgehead atoms. The van der Waals surface area contributed by atoms with E-state index in [0.29, 0.717) is 18.7 Å². The number of nitrogens with zero attached hydrogens (tertiary/aromatic N) is 2. The summed E-state index contributed by atoms with van der Waals surface area (Å²) in [7, 11) is 1.66. The van der Waals surface area contributed by atoms with Crippen LogP contribution in [0.3, 0.4) is 0 Å². The summed E-state index contributed by atoms with van der Waals surface area (Å²) in [5, 5.41) is 10.5. The zero-order valence-corrected chi connectivity index (χ0v) is 16.4. The van der Waals surface area contributed by atoms with E-state index in [2.05, 4.69) is 4.90 Å². The number of benzene rings is 2. The van der Waals surface area contributed by atoms with Gasteiger partial charge in [-0.3, -0.25) is 9.69 Å². The molecule has 2 aliphatic rings. The summed E-state index contributed by atoms with van der Waals surface area (Å²) in [6, 6.07) is 15.6. The number of likely N-dealkylation sites (tertiary alicyclic amines) is 2. The lowest BCUT2D eigenvalue weighted by atomic mass is 10.0. The van der Waals surface area contributed by atoms with Gasteiger partial charge in [0.2, 0.25) is 0 Å². The monoisotopic (exact) mass is 380 g/mol. The second-order valence-electron chi connectivity index (χ2n) is 7.75. The summed E-state index contributed by atoms with van der Waals surface area (Å²) in [4.78, 5) is 17.1. The van der Waals surface area contributed by atoms with Crippen LogP contribution in [0, 0.1) is 0 Å². The Hall–Kier alpha value is -2.37. The zero-order chi connectivity index (χ0) is 19.5. The SMILES string of the molecule is COc1cccc(-c2ccc(C(=O)N3C[C@H](O)[C@@H](N4CCCCC4)C3)cc2)c1. The van der Waals surface area contributed by atoms with E-state index in [1.807, 2.05) is 48.5 Å². The number of aliphatic hydroxyl groups excluding tert-OH is 1. The van der Waals surface area contributed by atoms with E-state index in [4.69, 9.17) is 4.74 Å². The van der Waals surface area contributed by atoms with Crippen molar-refractivity contribution >= 4 is 5.91 Å². The van der Waals surface area contributed by atoms with E-state index < -0.39 is 6.10 Å². The molecule has 4 rings (SSSR count). The van der Waals surface area contributed by atoms with Gasteiger partial charge in [0.05, 0.1) is 19.3 Å². The van der Waals surface area contributed by atoms with Crippen molar-refractivity contribution in [1.29, 1.82) is 0 Å². The van der Waals surface area contributed by atoms with Crippen LogP contribution in [0.5, 0.6) is 5.75 Å². The number of amides is 1. The van der Waals surface area contributed by atoms with Gasteiger partial charge in [0.1, 0.15) is 5.75 Å². The molecule has 2 atom stereocenters. The van der Waals surface area contributed by atoms with Gasteiger partial charge in [-0.15, -0.1) is 0 Å². The molecule has 0 radical (unpaired) electrons. The first-order valence-corrected chi connectivity index (χ1v) is 10.1. The Morgan fingerprint density at radius 3 is 2.46 bits per heavy atom. The summed E-state index contributed by atoms with van der Waals surface area (Å²) in [6.45, 7) is 3.08. The van der Waals surface area contributed by atoms with Gasteiger partial charge in [0.25, 0.3) is 5.91 Å². The van der Waals surface area contributed by atoms with Crippen LogP contribution < -0.4 is 4.74 Å². The second-order valence-corrected chi connectivity index (χ2v) is 7.75. The van der Waals surface area contributed by atoms with Gasteiger partial charge in [-0.1, -0.05) is 30.7 Å². The van der Waals surface area contributed by atoms with Gasteiger partial charge in [-0.25, -0.2) is 0 Å². The van der Waals surface area contributed by atoms with Gasteiger partial charge in [0.15, 0.2) is 0 Å². The van der Waals surface area contributed by atoms with Crippen molar-refractivity contribution in [3.05, 3.63) is 54.1 Å². The van der Waals surface area contributed by atoms with Crippen molar-refractivity contribution in [2.75, 3.05) is 33.3 Å². The van der Waals surface area contributed by atoms with Crippen molar-refractivity contribution < 1.29 is 14.6 Å². The second kappa shape index (κ2) is 8.33. The van der Waals surface area contributed by atoms with E-state index >= 15 is 0 Å². The number of piperidine rings is 1. The fraction of sp³-hybridized carbons (Fsp3) is 0.435. The number of β-amino-alcohol motifs (C(OH)–C–C–N with tert-alkyl or cyclic N) is 1. The summed E-state index contributed by atoms with van der Waals surface area (Å²) in [5.74, 6) is 0.809. The summed E-state index contributed by atoms with van der Waals surface area (Å²) < 4.78 is 5.29. The van der Waals surface area contributed by atoms with Gasteiger partial charge >= 0.3 is 0 Å². The smallest absolute Gasteiger partial charge is 0.253 e. The van der Waals surface area contributed by atoms with Crippen LogP contribution in [0.1, 0.15) is 29.6 Å². The molecule has 0 aliphatic carbocycles. The molecule has 5 nitrogen and oxygen atoms in total. The third-order valence-electron chi connectivity index (χ3n) is 5.94. The lowest BCUT2D eigenvalue weighted by Gasteiger charge is -2.33. The number of methoxy groups -OCH3 is 1. The maximum atomic E-state index is 12.9. The summed E-state index contributed by atoms with van der Waals surface area (Å²) in [6.07, 6.45) is 3.17. The van der Waals surface area contributed by atoms with Gasteiger partial charge in [0, 0.05) is 18.7 Å². The minimum atomic E-state index is -0.460. The van der Waals surface area contributed by atoms with E-state index in [1.165, 1.54) is 19.3 Å². The first-order chi connectivity index (χ1) is 13.7. The van der Waals surface area contributed by atoms with Gasteiger partial charge in [-0.05, 0) is 61.3 Å². The normalized spacial score (nSPS) is 23.0. The standard InChI is InChI=1S/C23H28N2O3/c1-28-20-7-5-6-19(14-20)17-8-10-18(11-9-17)23(27)25-15-21(22(26)16-25)24-12-3-2-4-13-24/h5-11,14,21-22,26H,2-4,12-13,15-16H2,1H3/t21-,22-/m0/s1. The zero-order valence-electron chi connectivity index (χ0n) is 16.4. The Labute approximate surface area is 166 Å². The quantitative estimate of drug-likeness (QED) is 0.886. The molecule has 0 spiro atoms. The highest BCUT2D eigenvalue weighted by Gasteiger charge is 2.38. The highest BCUT2D eigenvalue weighted by molar-refractivity contribution is 5.95. The Morgan fingerprint density at radius 2 is 1.75 bits per heavy atom. The first kappa shape index (κ1) is 19.0. The van der Waals surface area contributed by atoms with E-state index in [-0.39, 0.29) is 11.9 Å². The maximum Gasteiger partial charge on any atom is 0.253 e. The number of hydrogen-bond acceptors (Lipinski definition) is 4. The van der Waals surface area contributed by atoms with E-state index in [1.54, 1.807) is 12.0 Å². The fourth-order valence-corrected chi connectivity index (χ4v) is 4.33. The third-order valence-corrected chi connectivity index (χ3v) is 5.94. The molecular formula is C23H28N2O3. The molecule has 2 aromatic rings. The van der Waals surface area contributed by atoms with Crippen molar-refractivity contribution in [3.8, 4) is 16.9 Å². The number of carbonyl (C=O) groups excluding carboxylic acids is 1. The van der Waals surface area contributed by atoms with E-state index in [9.17, 15) is 9.90 Å².